The Labute approximate surface area is 98.4 Å². The molecule has 1 aliphatic rings. The highest BCUT2D eigenvalue weighted by atomic mass is 32.2. The molecule has 1 fully saturated rings. The van der Waals surface area contributed by atoms with E-state index in [0.717, 1.165) is 11.7 Å². The third-order valence-corrected chi connectivity index (χ3v) is 4.81. The molecule has 84 valence electrons. The molecule has 0 amide bonds. The molecule has 0 aromatic heterocycles. The number of nitrogens with zero attached hydrogens (tertiary/aromatic N) is 1. The quantitative estimate of drug-likeness (QED) is 0.747. The lowest BCUT2D eigenvalue weighted by Gasteiger charge is -2.24. The minimum absolute atomic E-state index is 0.485. The Bertz CT molecular complexity index is 171. The summed E-state index contributed by atoms with van der Waals surface area (Å²) in [6.07, 6.45) is 1.32. The first-order valence-electron chi connectivity index (χ1n) is 5.51. The fraction of sp³-hybridized carbons (Fsp3) is 1.00. The van der Waals surface area contributed by atoms with Gasteiger partial charge < -0.3 is 4.90 Å². The highest BCUT2D eigenvalue weighted by Crippen LogP contribution is 2.30. The monoisotopic (exact) mass is 233 g/mol. The number of thiol groups is 1. The van der Waals surface area contributed by atoms with Gasteiger partial charge in [-0.3, -0.25) is 0 Å². The first-order chi connectivity index (χ1) is 6.53. The normalized spacial score (nSPS) is 25.7. The summed E-state index contributed by atoms with van der Waals surface area (Å²) in [7, 11) is 0. The fourth-order valence-electron chi connectivity index (χ4n) is 1.74. The van der Waals surface area contributed by atoms with Gasteiger partial charge in [0.15, 0.2) is 0 Å². The van der Waals surface area contributed by atoms with E-state index in [1.54, 1.807) is 0 Å². The van der Waals surface area contributed by atoms with E-state index in [1.807, 2.05) is 0 Å². The molecule has 0 aromatic carbocycles. The van der Waals surface area contributed by atoms with Crippen molar-refractivity contribution in [3.63, 3.8) is 0 Å². The molecule has 1 atom stereocenters. The van der Waals surface area contributed by atoms with Crippen LogP contribution in [0.4, 0.5) is 0 Å². The molecular formula is C11H23NS2. The SMILES string of the molecule is CC(CS)CN1CCSC(C)(C)CC1. The summed E-state index contributed by atoms with van der Waals surface area (Å²) in [4.78, 5) is 2.60. The van der Waals surface area contributed by atoms with Crippen LogP contribution in [0, 0.1) is 5.92 Å². The van der Waals surface area contributed by atoms with Gasteiger partial charge in [-0.15, -0.1) is 0 Å². The molecule has 0 saturated carbocycles. The molecule has 1 aliphatic heterocycles. The summed E-state index contributed by atoms with van der Waals surface area (Å²) in [5, 5.41) is 0. The smallest absolute Gasteiger partial charge is 0.0116 e. The van der Waals surface area contributed by atoms with Gasteiger partial charge in [-0.25, -0.2) is 0 Å². The zero-order chi connectivity index (χ0) is 10.6. The zero-order valence-corrected chi connectivity index (χ0v) is 11.3. The molecule has 3 heteroatoms. The van der Waals surface area contributed by atoms with Gasteiger partial charge in [-0.05, 0) is 24.6 Å². The predicted molar refractivity (Wildman–Crippen MR) is 70.6 cm³/mol. The summed E-state index contributed by atoms with van der Waals surface area (Å²) in [5.74, 6) is 3.02. The molecule has 0 aliphatic carbocycles. The minimum atomic E-state index is 0.485. The average molecular weight is 233 g/mol. The lowest BCUT2D eigenvalue weighted by Crippen LogP contribution is -2.32. The van der Waals surface area contributed by atoms with Gasteiger partial charge in [-0.2, -0.15) is 24.4 Å². The van der Waals surface area contributed by atoms with E-state index in [1.165, 1.54) is 31.8 Å². The molecule has 14 heavy (non-hydrogen) atoms. The van der Waals surface area contributed by atoms with Crippen LogP contribution in [0.25, 0.3) is 0 Å². The summed E-state index contributed by atoms with van der Waals surface area (Å²) in [6, 6.07) is 0. The van der Waals surface area contributed by atoms with Gasteiger partial charge in [-0.1, -0.05) is 20.8 Å². The van der Waals surface area contributed by atoms with Crippen molar-refractivity contribution in [2.45, 2.75) is 31.9 Å². The fourth-order valence-corrected chi connectivity index (χ4v) is 3.00. The Morgan fingerprint density at radius 1 is 1.43 bits per heavy atom. The van der Waals surface area contributed by atoms with Gasteiger partial charge in [0, 0.05) is 23.6 Å². The van der Waals surface area contributed by atoms with E-state index in [2.05, 4.69) is 50.1 Å². The Morgan fingerprint density at radius 3 is 2.79 bits per heavy atom. The van der Waals surface area contributed by atoms with Gasteiger partial charge in [0.2, 0.25) is 0 Å². The molecule has 0 bridgehead atoms. The van der Waals surface area contributed by atoms with Crippen molar-refractivity contribution < 1.29 is 0 Å². The topological polar surface area (TPSA) is 3.24 Å². The van der Waals surface area contributed by atoms with Gasteiger partial charge >= 0.3 is 0 Å². The lowest BCUT2D eigenvalue weighted by molar-refractivity contribution is 0.256. The van der Waals surface area contributed by atoms with Crippen LogP contribution in [0.5, 0.6) is 0 Å². The second-order valence-corrected chi connectivity index (χ2v) is 7.11. The summed E-state index contributed by atoms with van der Waals surface area (Å²) < 4.78 is 0.485. The van der Waals surface area contributed by atoms with E-state index in [0.29, 0.717) is 4.75 Å². The summed E-state index contributed by atoms with van der Waals surface area (Å²) in [5.41, 5.74) is 0. The van der Waals surface area contributed by atoms with Crippen LogP contribution < -0.4 is 0 Å². The lowest BCUT2D eigenvalue weighted by atomic mass is 10.1. The predicted octanol–water partition coefficient (Wildman–Crippen LogP) is 2.77. The van der Waals surface area contributed by atoms with Gasteiger partial charge in [0.1, 0.15) is 0 Å². The molecule has 1 rings (SSSR count). The third-order valence-electron chi connectivity index (χ3n) is 2.81. The van der Waals surface area contributed by atoms with Crippen LogP contribution in [0.15, 0.2) is 0 Å². The van der Waals surface area contributed by atoms with E-state index < -0.39 is 0 Å². The van der Waals surface area contributed by atoms with Crippen molar-refractivity contribution in [1.29, 1.82) is 0 Å². The highest BCUT2D eigenvalue weighted by Gasteiger charge is 2.23. The Hall–Kier alpha value is 0.660. The molecule has 1 nitrogen and oxygen atoms in total. The molecular weight excluding hydrogens is 210 g/mol. The van der Waals surface area contributed by atoms with Crippen molar-refractivity contribution in [3.05, 3.63) is 0 Å². The van der Waals surface area contributed by atoms with Crippen molar-refractivity contribution in [1.82, 2.24) is 4.90 Å². The van der Waals surface area contributed by atoms with Crippen molar-refractivity contribution in [3.8, 4) is 0 Å². The summed E-state index contributed by atoms with van der Waals surface area (Å²) >= 11 is 6.46. The Kier molecular flexibility index (Phi) is 5.15. The molecule has 1 saturated heterocycles. The van der Waals surface area contributed by atoms with E-state index >= 15 is 0 Å². The van der Waals surface area contributed by atoms with Crippen LogP contribution in [-0.2, 0) is 0 Å². The molecule has 1 unspecified atom stereocenters. The maximum atomic E-state index is 4.34. The summed E-state index contributed by atoms with van der Waals surface area (Å²) in [6.45, 7) is 10.8. The van der Waals surface area contributed by atoms with E-state index in [9.17, 15) is 0 Å². The number of thioether (sulfide) groups is 1. The van der Waals surface area contributed by atoms with Crippen LogP contribution in [-0.4, -0.2) is 40.8 Å². The third kappa shape index (κ3) is 4.45. The molecule has 0 N–H and O–H groups in total. The number of hydrogen-bond donors (Lipinski definition) is 1. The highest BCUT2D eigenvalue weighted by molar-refractivity contribution is 8.00. The molecule has 0 aromatic rings. The van der Waals surface area contributed by atoms with Gasteiger partial charge in [0.25, 0.3) is 0 Å². The molecule has 0 spiro atoms. The minimum Gasteiger partial charge on any atom is -0.302 e. The maximum Gasteiger partial charge on any atom is 0.0116 e. The largest absolute Gasteiger partial charge is 0.302 e. The standard InChI is InChI=1S/C11H23NS2/c1-10(9-13)8-12-5-4-11(2,3)14-7-6-12/h10,13H,4-9H2,1-3H3. The first-order valence-corrected chi connectivity index (χ1v) is 7.12. The number of rotatable bonds is 3. The molecule has 0 radical (unpaired) electrons. The number of hydrogen-bond acceptors (Lipinski definition) is 3. The molecule has 1 heterocycles. The van der Waals surface area contributed by atoms with Crippen LogP contribution in [0.3, 0.4) is 0 Å². The van der Waals surface area contributed by atoms with Crippen LogP contribution in [0.2, 0.25) is 0 Å². The van der Waals surface area contributed by atoms with Crippen molar-refractivity contribution in [2.24, 2.45) is 5.92 Å². The zero-order valence-electron chi connectivity index (χ0n) is 9.62. The van der Waals surface area contributed by atoms with Crippen LogP contribution in [0.1, 0.15) is 27.2 Å². The first kappa shape index (κ1) is 12.7. The van der Waals surface area contributed by atoms with Crippen LogP contribution >= 0.6 is 24.4 Å². The Balaban J connectivity index is 2.35. The second-order valence-electron chi connectivity index (χ2n) is 4.95. The van der Waals surface area contributed by atoms with Crippen molar-refractivity contribution in [2.75, 3.05) is 31.1 Å². The van der Waals surface area contributed by atoms with Gasteiger partial charge in [0.05, 0.1) is 0 Å². The van der Waals surface area contributed by atoms with E-state index in [-0.39, 0.29) is 0 Å². The average Bonchev–Trinajstić information content (AvgIpc) is 2.28. The Morgan fingerprint density at radius 2 is 2.14 bits per heavy atom. The van der Waals surface area contributed by atoms with E-state index in [4.69, 9.17) is 0 Å². The van der Waals surface area contributed by atoms with Crippen molar-refractivity contribution >= 4 is 24.4 Å². The second kappa shape index (κ2) is 5.66. The maximum absolute atomic E-state index is 4.34.